The molecule has 0 saturated heterocycles. The first-order valence-electron chi connectivity index (χ1n) is 5.09. The van der Waals surface area contributed by atoms with Gasteiger partial charge in [0.05, 0.1) is 0 Å². The largest absolute Gasteiger partial charge is 0.504 e. The van der Waals surface area contributed by atoms with Crippen molar-refractivity contribution in [3.8, 4) is 23.0 Å². The summed E-state index contributed by atoms with van der Waals surface area (Å²) in [7, 11) is 0. The number of phenols is 4. The third-order valence-corrected chi connectivity index (χ3v) is 2.54. The van der Waals surface area contributed by atoms with Crippen molar-refractivity contribution in [2.75, 3.05) is 0 Å². The molecule has 0 aliphatic rings. The second kappa shape index (κ2) is 4.25. The number of aromatic hydroxyl groups is 4. The van der Waals surface area contributed by atoms with Crippen LogP contribution in [0.15, 0.2) is 36.4 Å². The zero-order valence-corrected chi connectivity index (χ0v) is 8.96. The quantitative estimate of drug-likeness (QED) is 0.472. The average Bonchev–Trinajstić information content (AvgIpc) is 2.35. The second-order valence-corrected chi connectivity index (χ2v) is 3.76. The van der Waals surface area contributed by atoms with Crippen LogP contribution in [-0.4, -0.2) is 20.4 Å². The maximum absolute atomic E-state index is 9.64. The lowest BCUT2D eigenvalue weighted by molar-refractivity contribution is 0.344. The number of hydrogen-bond acceptors (Lipinski definition) is 4. The molecule has 0 atom stereocenters. The molecule has 0 spiro atoms. The van der Waals surface area contributed by atoms with Crippen LogP contribution in [0.25, 0.3) is 0 Å². The Hall–Kier alpha value is -2.36. The fourth-order valence-corrected chi connectivity index (χ4v) is 1.64. The minimum atomic E-state index is -0.709. The van der Waals surface area contributed by atoms with Crippen LogP contribution >= 0.6 is 0 Å². The van der Waals surface area contributed by atoms with Gasteiger partial charge in [0.2, 0.25) is 11.5 Å². The monoisotopic (exact) mass is 232 g/mol. The van der Waals surface area contributed by atoms with Gasteiger partial charge in [-0.25, -0.2) is 0 Å². The van der Waals surface area contributed by atoms with Gasteiger partial charge in [0.1, 0.15) is 0 Å². The molecule has 0 fully saturated rings. The second-order valence-electron chi connectivity index (χ2n) is 3.76. The highest BCUT2D eigenvalue weighted by atomic mass is 16.3. The smallest absolute Gasteiger partial charge is 0.204 e. The highest BCUT2D eigenvalue weighted by Gasteiger charge is 2.16. The molecule has 2 aromatic rings. The molecular formula is C13H12O4. The third kappa shape index (κ3) is 2.10. The molecule has 0 radical (unpaired) electrons. The third-order valence-electron chi connectivity index (χ3n) is 2.54. The van der Waals surface area contributed by atoms with Crippen molar-refractivity contribution in [1.29, 1.82) is 0 Å². The molecule has 88 valence electrons. The lowest BCUT2D eigenvalue weighted by Crippen LogP contribution is -1.89. The molecule has 4 N–H and O–H groups in total. The van der Waals surface area contributed by atoms with Crippen molar-refractivity contribution in [3.63, 3.8) is 0 Å². The van der Waals surface area contributed by atoms with Crippen LogP contribution in [0.1, 0.15) is 11.1 Å². The summed E-state index contributed by atoms with van der Waals surface area (Å²) in [4.78, 5) is 0. The standard InChI is InChI=1S/C13H12O4/c14-10-7-9(11(15)13(17)12(10)16)6-8-4-2-1-3-5-8/h1-5,7,14-17H,6H2. The average molecular weight is 232 g/mol. The van der Waals surface area contributed by atoms with E-state index >= 15 is 0 Å². The summed E-state index contributed by atoms with van der Waals surface area (Å²) in [5.41, 5.74) is 1.27. The first-order valence-corrected chi connectivity index (χ1v) is 5.09. The molecule has 2 aromatic carbocycles. The fraction of sp³-hybridized carbons (Fsp3) is 0.0769. The Kier molecular flexibility index (Phi) is 2.78. The number of benzene rings is 2. The van der Waals surface area contributed by atoms with Gasteiger partial charge in [-0.05, 0) is 11.6 Å². The van der Waals surface area contributed by atoms with Crippen molar-refractivity contribution >= 4 is 0 Å². The normalized spacial score (nSPS) is 10.4. The van der Waals surface area contributed by atoms with Crippen molar-refractivity contribution in [1.82, 2.24) is 0 Å². The molecule has 4 nitrogen and oxygen atoms in total. The summed E-state index contributed by atoms with van der Waals surface area (Å²) >= 11 is 0. The van der Waals surface area contributed by atoms with E-state index < -0.39 is 23.0 Å². The Morgan fingerprint density at radius 1 is 0.765 bits per heavy atom. The molecule has 0 bridgehead atoms. The topological polar surface area (TPSA) is 80.9 Å². The van der Waals surface area contributed by atoms with Gasteiger partial charge >= 0.3 is 0 Å². The molecule has 17 heavy (non-hydrogen) atoms. The van der Waals surface area contributed by atoms with Crippen molar-refractivity contribution in [2.45, 2.75) is 6.42 Å². The van der Waals surface area contributed by atoms with Gasteiger partial charge in [0, 0.05) is 12.0 Å². The first-order chi connectivity index (χ1) is 8.09. The van der Waals surface area contributed by atoms with Crippen LogP contribution in [0.5, 0.6) is 23.0 Å². The van der Waals surface area contributed by atoms with E-state index in [2.05, 4.69) is 0 Å². The Morgan fingerprint density at radius 3 is 2.06 bits per heavy atom. The summed E-state index contributed by atoms with van der Waals surface area (Å²) in [5.74, 6) is -2.27. The van der Waals surface area contributed by atoms with E-state index in [1.54, 1.807) is 0 Å². The summed E-state index contributed by atoms with van der Waals surface area (Å²) in [6.07, 6.45) is 0.355. The Bertz CT molecular complexity index is 535. The van der Waals surface area contributed by atoms with Crippen LogP contribution < -0.4 is 0 Å². The van der Waals surface area contributed by atoms with Gasteiger partial charge < -0.3 is 20.4 Å². The zero-order valence-electron chi connectivity index (χ0n) is 8.96. The van der Waals surface area contributed by atoms with Gasteiger partial charge in [-0.3, -0.25) is 0 Å². The summed E-state index contributed by atoms with van der Waals surface area (Å²) in [5, 5.41) is 37.6. The minimum absolute atomic E-state index is 0.351. The van der Waals surface area contributed by atoms with Crippen molar-refractivity contribution in [3.05, 3.63) is 47.5 Å². The van der Waals surface area contributed by atoms with E-state index in [1.165, 1.54) is 6.07 Å². The molecule has 0 saturated carbocycles. The molecule has 0 heterocycles. The molecular weight excluding hydrogens is 220 g/mol. The van der Waals surface area contributed by atoms with Gasteiger partial charge in [-0.2, -0.15) is 0 Å². The summed E-state index contributed by atoms with van der Waals surface area (Å²) in [6.45, 7) is 0. The van der Waals surface area contributed by atoms with Gasteiger partial charge in [-0.15, -0.1) is 0 Å². The van der Waals surface area contributed by atoms with Gasteiger partial charge in [0.15, 0.2) is 11.5 Å². The first kappa shape index (κ1) is 11.1. The SMILES string of the molecule is Oc1cc(Cc2ccccc2)c(O)c(O)c1O. The molecule has 0 unspecified atom stereocenters. The van der Waals surface area contributed by atoms with Gasteiger partial charge in [0.25, 0.3) is 0 Å². The maximum Gasteiger partial charge on any atom is 0.204 e. The lowest BCUT2D eigenvalue weighted by atomic mass is 10.0. The van der Waals surface area contributed by atoms with E-state index in [0.717, 1.165) is 5.56 Å². The van der Waals surface area contributed by atoms with Crippen LogP contribution in [0, 0.1) is 0 Å². The van der Waals surface area contributed by atoms with E-state index in [0.29, 0.717) is 12.0 Å². The predicted molar refractivity (Wildman–Crippen MR) is 62.3 cm³/mol. The Morgan fingerprint density at radius 2 is 1.41 bits per heavy atom. The van der Waals surface area contributed by atoms with E-state index in [-0.39, 0.29) is 0 Å². The van der Waals surface area contributed by atoms with Crippen molar-refractivity contribution in [2.24, 2.45) is 0 Å². The lowest BCUT2D eigenvalue weighted by Gasteiger charge is -2.09. The molecule has 2 rings (SSSR count). The number of hydrogen-bond donors (Lipinski definition) is 4. The van der Waals surface area contributed by atoms with Gasteiger partial charge in [-0.1, -0.05) is 30.3 Å². The maximum atomic E-state index is 9.64. The van der Waals surface area contributed by atoms with Crippen LogP contribution in [0.3, 0.4) is 0 Å². The highest BCUT2D eigenvalue weighted by molar-refractivity contribution is 5.60. The number of rotatable bonds is 2. The predicted octanol–water partition coefficient (Wildman–Crippen LogP) is 2.10. The molecule has 0 amide bonds. The van der Waals surface area contributed by atoms with Crippen molar-refractivity contribution < 1.29 is 20.4 Å². The van der Waals surface area contributed by atoms with E-state index in [1.807, 2.05) is 30.3 Å². The molecule has 0 aromatic heterocycles. The summed E-state index contributed by atoms with van der Waals surface area (Å²) in [6, 6.07) is 10.5. The molecule has 0 aliphatic heterocycles. The Balaban J connectivity index is 2.41. The van der Waals surface area contributed by atoms with Crippen LogP contribution in [-0.2, 0) is 6.42 Å². The highest BCUT2D eigenvalue weighted by Crippen LogP contribution is 2.44. The van der Waals surface area contributed by atoms with E-state index in [4.69, 9.17) is 0 Å². The van der Waals surface area contributed by atoms with Crippen LogP contribution in [0.4, 0.5) is 0 Å². The fourth-order valence-electron chi connectivity index (χ4n) is 1.64. The van der Waals surface area contributed by atoms with Crippen LogP contribution in [0.2, 0.25) is 0 Å². The molecule has 4 heteroatoms. The van der Waals surface area contributed by atoms with E-state index in [9.17, 15) is 20.4 Å². The Labute approximate surface area is 98.0 Å². The molecule has 0 aliphatic carbocycles. The minimum Gasteiger partial charge on any atom is -0.504 e. The zero-order chi connectivity index (χ0) is 12.4. The summed E-state index contributed by atoms with van der Waals surface area (Å²) < 4.78 is 0. The number of phenolic OH excluding ortho intramolecular Hbond substituents is 4.